The molecule has 0 amide bonds. The van der Waals surface area contributed by atoms with Crippen molar-refractivity contribution in [2.75, 3.05) is 13.2 Å². The maximum atomic E-state index is 6.14. The Bertz CT molecular complexity index is 615. The van der Waals surface area contributed by atoms with Crippen LogP contribution in [-0.2, 0) is 0 Å². The predicted octanol–water partition coefficient (Wildman–Crippen LogP) is 5.05. The lowest BCUT2D eigenvalue weighted by molar-refractivity contribution is 0.217. The third kappa shape index (κ3) is 2.94. The zero-order valence-corrected chi connectivity index (χ0v) is 13.2. The first-order valence-electron chi connectivity index (χ1n) is 6.53. The van der Waals surface area contributed by atoms with E-state index >= 15 is 0 Å². The Kier molecular flexibility index (Phi) is 4.18. The van der Waals surface area contributed by atoms with Crippen molar-refractivity contribution in [2.45, 2.75) is 12.3 Å². The van der Waals surface area contributed by atoms with E-state index in [1.54, 1.807) is 0 Å². The molecule has 0 N–H and O–H groups in total. The van der Waals surface area contributed by atoms with Gasteiger partial charge in [0.25, 0.3) is 0 Å². The van der Waals surface area contributed by atoms with Crippen LogP contribution in [0.3, 0.4) is 0 Å². The molecule has 4 heteroatoms. The summed E-state index contributed by atoms with van der Waals surface area (Å²) >= 11 is 9.57. The van der Waals surface area contributed by atoms with Crippen molar-refractivity contribution in [2.24, 2.45) is 0 Å². The van der Waals surface area contributed by atoms with Crippen LogP contribution in [0.4, 0.5) is 0 Å². The highest BCUT2D eigenvalue weighted by molar-refractivity contribution is 9.10. The number of para-hydroxylation sites is 1. The van der Waals surface area contributed by atoms with Gasteiger partial charge in [0.1, 0.15) is 11.5 Å². The van der Waals surface area contributed by atoms with E-state index in [4.69, 9.17) is 21.1 Å². The van der Waals surface area contributed by atoms with Gasteiger partial charge in [-0.25, -0.2) is 0 Å². The summed E-state index contributed by atoms with van der Waals surface area (Å²) in [7, 11) is 0. The molecule has 2 aromatic rings. The molecule has 0 saturated heterocycles. The van der Waals surface area contributed by atoms with E-state index in [2.05, 4.69) is 22.0 Å². The van der Waals surface area contributed by atoms with Crippen molar-refractivity contribution in [3.8, 4) is 11.5 Å². The Labute approximate surface area is 131 Å². The van der Waals surface area contributed by atoms with E-state index < -0.39 is 0 Å². The Hall–Kier alpha value is -1.19. The average molecular weight is 354 g/mol. The molecule has 2 nitrogen and oxygen atoms in total. The molecule has 1 aliphatic rings. The van der Waals surface area contributed by atoms with Gasteiger partial charge in [-0.1, -0.05) is 45.7 Å². The monoisotopic (exact) mass is 352 g/mol. The van der Waals surface area contributed by atoms with Gasteiger partial charge in [0.05, 0.1) is 18.2 Å². The molecule has 0 saturated carbocycles. The predicted molar refractivity (Wildman–Crippen MR) is 83.9 cm³/mol. The lowest BCUT2D eigenvalue weighted by Crippen LogP contribution is -2.19. The molecule has 0 spiro atoms. The highest BCUT2D eigenvalue weighted by Crippen LogP contribution is 2.35. The second-order valence-electron chi connectivity index (χ2n) is 4.76. The minimum absolute atomic E-state index is 0.343. The van der Waals surface area contributed by atoms with Crippen molar-refractivity contribution < 1.29 is 9.47 Å². The first-order valence-corrected chi connectivity index (χ1v) is 7.71. The fourth-order valence-electron chi connectivity index (χ4n) is 2.37. The highest BCUT2D eigenvalue weighted by Gasteiger charge is 2.21. The summed E-state index contributed by atoms with van der Waals surface area (Å²) in [4.78, 5) is 0. The van der Waals surface area contributed by atoms with Gasteiger partial charge >= 0.3 is 0 Å². The maximum absolute atomic E-state index is 6.14. The quantitative estimate of drug-likeness (QED) is 0.769. The van der Waals surface area contributed by atoms with Gasteiger partial charge in [-0.3, -0.25) is 0 Å². The van der Waals surface area contributed by atoms with Crippen LogP contribution in [0.5, 0.6) is 11.5 Å². The minimum atomic E-state index is 0.343. The molecular weight excluding hydrogens is 340 g/mol. The van der Waals surface area contributed by atoms with E-state index in [9.17, 15) is 0 Å². The fourth-order valence-corrected chi connectivity index (χ4v) is 2.88. The fraction of sp³-hybridized carbons (Fsp3) is 0.250. The summed E-state index contributed by atoms with van der Waals surface area (Å²) < 4.78 is 12.5. The first-order chi connectivity index (χ1) is 9.74. The summed E-state index contributed by atoms with van der Waals surface area (Å²) in [5.41, 5.74) is 1.21. The van der Waals surface area contributed by atoms with Gasteiger partial charge in [-0.05, 0) is 30.7 Å². The van der Waals surface area contributed by atoms with Gasteiger partial charge in [0, 0.05) is 16.0 Å². The van der Waals surface area contributed by atoms with E-state index in [1.807, 2.05) is 36.4 Å². The number of halogens is 2. The number of rotatable bonds is 3. The molecule has 1 heterocycles. The van der Waals surface area contributed by atoms with Gasteiger partial charge in [0.15, 0.2) is 0 Å². The zero-order valence-electron chi connectivity index (χ0n) is 10.8. The smallest absolute Gasteiger partial charge is 0.139 e. The Morgan fingerprint density at radius 2 is 2.10 bits per heavy atom. The lowest BCUT2D eigenvalue weighted by Gasteiger charge is -2.26. The van der Waals surface area contributed by atoms with E-state index in [0.717, 1.165) is 23.2 Å². The Morgan fingerprint density at radius 3 is 3.00 bits per heavy atom. The second-order valence-corrected chi connectivity index (χ2v) is 6.08. The topological polar surface area (TPSA) is 18.5 Å². The second kappa shape index (κ2) is 6.06. The molecule has 1 atom stereocenters. The standard InChI is InChI=1S/C16H14BrClO2/c17-12-5-6-14(18)16(9-12)20-10-11-7-8-19-15-4-2-1-3-13(11)15/h1-6,9,11H,7-8,10H2. The molecular formula is C16H14BrClO2. The van der Waals surface area contributed by atoms with Crippen LogP contribution in [0, 0.1) is 0 Å². The molecule has 1 aliphatic heterocycles. The highest BCUT2D eigenvalue weighted by atomic mass is 79.9. The molecule has 0 bridgehead atoms. The van der Waals surface area contributed by atoms with Gasteiger partial charge in [0.2, 0.25) is 0 Å². The molecule has 0 radical (unpaired) electrons. The largest absolute Gasteiger partial charge is 0.493 e. The van der Waals surface area contributed by atoms with Crippen LogP contribution in [0.25, 0.3) is 0 Å². The Balaban J connectivity index is 1.75. The van der Waals surface area contributed by atoms with E-state index in [1.165, 1.54) is 5.56 Å². The number of hydrogen-bond acceptors (Lipinski definition) is 2. The molecule has 0 aliphatic carbocycles. The van der Waals surface area contributed by atoms with Gasteiger partial charge in [-0.2, -0.15) is 0 Å². The SMILES string of the molecule is Clc1ccc(Br)cc1OCC1CCOc2ccccc21. The number of ether oxygens (including phenoxy) is 2. The first kappa shape index (κ1) is 13.8. The third-order valence-electron chi connectivity index (χ3n) is 3.42. The van der Waals surface area contributed by atoms with Crippen molar-refractivity contribution in [3.63, 3.8) is 0 Å². The molecule has 3 rings (SSSR count). The summed E-state index contributed by atoms with van der Waals surface area (Å²) in [5, 5.41) is 0.633. The molecule has 2 aromatic carbocycles. The van der Waals surface area contributed by atoms with Crippen LogP contribution in [0.1, 0.15) is 17.9 Å². The summed E-state index contributed by atoms with van der Waals surface area (Å²) in [6.07, 6.45) is 0.961. The summed E-state index contributed by atoms with van der Waals surface area (Å²) in [6, 6.07) is 13.8. The van der Waals surface area contributed by atoms with Crippen molar-refractivity contribution >= 4 is 27.5 Å². The van der Waals surface area contributed by atoms with Crippen molar-refractivity contribution in [3.05, 3.63) is 57.5 Å². The average Bonchev–Trinajstić information content (AvgIpc) is 2.48. The lowest BCUT2D eigenvalue weighted by atomic mass is 9.94. The third-order valence-corrected chi connectivity index (χ3v) is 4.22. The van der Waals surface area contributed by atoms with Crippen LogP contribution >= 0.6 is 27.5 Å². The molecule has 1 unspecified atom stereocenters. The van der Waals surface area contributed by atoms with Crippen LogP contribution in [0.15, 0.2) is 46.9 Å². The van der Waals surface area contributed by atoms with Crippen molar-refractivity contribution in [1.82, 2.24) is 0 Å². The number of hydrogen-bond donors (Lipinski definition) is 0. The summed E-state index contributed by atoms with van der Waals surface area (Å²) in [5.74, 6) is 2.02. The van der Waals surface area contributed by atoms with Crippen molar-refractivity contribution in [1.29, 1.82) is 0 Å². The molecule has 104 valence electrons. The molecule has 20 heavy (non-hydrogen) atoms. The Morgan fingerprint density at radius 1 is 1.25 bits per heavy atom. The number of fused-ring (bicyclic) bond motifs is 1. The van der Waals surface area contributed by atoms with Crippen LogP contribution in [-0.4, -0.2) is 13.2 Å². The van der Waals surface area contributed by atoms with Gasteiger partial charge in [-0.15, -0.1) is 0 Å². The van der Waals surface area contributed by atoms with Crippen LogP contribution in [0.2, 0.25) is 5.02 Å². The molecule has 0 fully saturated rings. The summed E-state index contributed by atoms with van der Waals surface area (Å²) in [6.45, 7) is 1.34. The van der Waals surface area contributed by atoms with Gasteiger partial charge < -0.3 is 9.47 Å². The van der Waals surface area contributed by atoms with Crippen LogP contribution < -0.4 is 9.47 Å². The normalized spacial score (nSPS) is 17.2. The van der Waals surface area contributed by atoms with E-state index in [0.29, 0.717) is 23.3 Å². The molecule has 0 aromatic heterocycles. The zero-order chi connectivity index (χ0) is 13.9. The minimum Gasteiger partial charge on any atom is -0.493 e. The maximum Gasteiger partial charge on any atom is 0.139 e. The van der Waals surface area contributed by atoms with E-state index in [-0.39, 0.29) is 0 Å². The number of benzene rings is 2.